The van der Waals surface area contributed by atoms with Gasteiger partial charge in [-0.15, -0.1) is 5.10 Å². The normalized spacial score (nSPS) is 16.6. The maximum Gasteiger partial charge on any atom is 0.0921 e. The summed E-state index contributed by atoms with van der Waals surface area (Å²) in [5.41, 5.74) is 2.31. The van der Waals surface area contributed by atoms with Gasteiger partial charge in [0.25, 0.3) is 0 Å². The molecule has 0 atom stereocenters. The SMILES string of the molecule is c1ncc(CCCc2cn(CC3CCCCC3)nn2)[nH]1. The number of H-pyrrole nitrogens is 1. The number of nitrogens with one attached hydrogen (secondary N) is 1. The highest BCUT2D eigenvalue weighted by molar-refractivity contribution is 4.97. The van der Waals surface area contributed by atoms with E-state index in [2.05, 4.69) is 26.5 Å². The third-order valence-corrected chi connectivity index (χ3v) is 4.19. The maximum atomic E-state index is 4.29. The molecule has 0 aliphatic heterocycles. The highest BCUT2D eigenvalue weighted by Crippen LogP contribution is 2.24. The summed E-state index contributed by atoms with van der Waals surface area (Å²) in [4.78, 5) is 7.16. The Bertz CT molecular complexity index is 496. The first kappa shape index (κ1) is 13.3. The lowest BCUT2D eigenvalue weighted by molar-refractivity contribution is 0.305. The molecule has 0 aromatic carbocycles. The third kappa shape index (κ3) is 3.68. The topological polar surface area (TPSA) is 59.4 Å². The summed E-state index contributed by atoms with van der Waals surface area (Å²) >= 11 is 0. The number of aryl methyl sites for hydroxylation is 2. The standard InChI is InChI=1S/C15H23N5/c1-2-5-13(6-3-1)10-20-11-15(18-19-20)8-4-7-14-9-16-12-17-14/h9,11-13H,1-8,10H2,(H,16,17). The highest BCUT2D eigenvalue weighted by atomic mass is 15.4. The van der Waals surface area contributed by atoms with E-state index >= 15 is 0 Å². The van der Waals surface area contributed by atoms with Gasteiger partial charge in [-0.05, 0) is 38.0 Å². The van der Waals surface area contributed by atoms with E-state index in [-0.39, 0.29) is 0 Å². The fourth-order valence-electron chi connectivity index (χ4n) is 3.06. The van der Waals surface area contributed by atoms with Crippen molar-refractivity contribution in [3.8, 4) is 0 Å². The van der Waals surface area contributed by atoms with Gasteiger partial charge in [0.2, 0.25) is 0 Å². The molecule has 1 fully saturated rings. The molecule has 2 aromatic rings. The van der Waals surface area contributed by atoms with Gasteiger partial charge in [0, 0.05) is 24.6 Å². The zero-order valence-corrected chi connectivity index (χ0v) is 12.0. The molecule has 0 saturated heterocycles. The van der Waals surface area contributed by atoms with Crippen LogP contribution >= 0.6 is 0 Å². The molecular weight excluding hydrogens is 250 g/mol. The number of imidazole rings is 1. The van der Waals surface area contributed by atoms with E-state index in [1.165, 1.54) is 37.8 Å². The predicted octanol–water partition coefficient (Wildman–Crippen LogP) is 2.76. The molecule has 1 aliphatic rings. The minimum absolute atomic E-state index is 0.809. The van der Waals surface area contributed by atoms with Crippen LogP contribution in [0.4, 0.5) is 0 Å². The monoisotopic (exact) mass is 273 g/mol. The van der Waals surface area contributed by atoms with Crippen LogP contribution in [0.15, 0.2) is 18.7 Å². The van der Waals surface area contributed by atoms with Crippen molar-refractivity contribution in [2.45, 2.75) is 57.9 Å². The van der Waals surface area contributed by atoms with Gasteiger partial charge in [-0.25, -0.2) is 4.98 Å². The summed E-state index contributed by atoms with van der Waals surface area (Å²) in [6, 6.07) is 0. The molecule has 0 spiro atoms. The molecule has 5 nitrogen and oxygen atoms in total. The largest absolute Gasteiger partial charge is 0.348 e. The maximum absolute atomic E-state index is 4.29. The van der Waals surface area contributed by atoms with Crippen molar-refractivity contribution in [2.75, 3.05) is 0 Å². The van der Waals surface area contributed by atoms with Crippen LogP contribution in [0.3, 0.4) is 0 Å². The van der Waals surface area contributed by atoms with Crippen LogP contribution in [0.25, 0.3) is 0 Å². The number of nitrogens with zero attached hydrogens (tertiary/aromatic N) is 4. The van der Waals surface area contributed by atoms with E-state index in [4.69, 9.17) is 0 Å². The Morgan fingerprint density at radius 2 is 2.10 bits per heavy atom. The van der Waals surface area contributed by atoms with Crippen molar-refractivity contribution < 1.29 is 0 Å². The summed E-state index contributed by atoms with van der Waals surface area (Å²) in [5.74, 6) is 0.809. The summed E-state index contributed by atoms with van der Waals surface area (Å²) in [6.07, 6.45) is 15.7. The molecule has 0 unspecified atom stereocenters. The van der Waals surface area contributed by atoms with Crippen molar-refractivity contribution in [3.05, 3.63) is 30.1 Å². The Morgan fingerprint density at radius 1 is 1.20 bits per heavy atom. The second-order valence-corrected chi connectivity index (χ2v) is 5.87. The lowest BCUT2D eigenvalue weighted by Gasteiger charge is -2.20. The zero-order valence-electron chi connectivity index (χ0n) is 12.0. The Balaban J connectivity index is 1.44. The van der Waals surface area contributed by atoms with Crippen molar-refractivity contribution in [3.63, 3.8) is 0 Å². The van der Waals surface area contributed by atoms with E-state index in [9.17, 15) is 0 Å². The average molecular weight is 273 g/mol. The minimum atomic E-state index is 0.809. The van der Waals surface area contributed by atoms with Crippen LogP contribution in [0.2, 0.25) is 0 Å². The van der Waals surface area contributed by atoms with Gasteiger partial charge < -0.3 is 4.98 Å². The van der Waals surface area contributed by atoms with Crippen molar-refractivity contribution in [1.29, 1.82) is 0 Å². The van der Waals surface area contributed by atoms with E-state index in [0.717, 1.165) is 37.4 Å². The summed E-state index contributed by atoms with van der Waals surface area (Å²) in [6.45, 7) is 1.05. The van der Waals surface area contributed by atoms with Crippen LogP contribution in [-0.2, 0) is 19.4 Å². The fourth-order valence-corrected chi connectivity index (χ4v) is 3.06. The van der Waals surface area contributed by atoms with Crippen LogP contribution in [0, 0.1) is 5.92 Å². The predicted molar refractivity (Wildman–Crippen MR) is 77.2 cm³/mol. The van der Waals surface area contributed by atoms with Gasteiger partial charge >= 0.3 is 0 Å². The first-order valence-corrected chi connectivity index (χ1v) is 7.76. The number of hydrogen-bond acceptors (Lipinski definition) is 3. The molecule has 3 rings (SSSR count). The van der Waals surface area contributed by atoms with Gasteiger partial charge in [-0.1, -0.05) is 24.5 Å². The molecule has 20 heavy (non-hydrogen) atoms. The lowest BCUT2D eigenvalue weighted by atomic mass is 9.89. The van der Waals surface area contributed by atoms with E-state index in [1.807, 2.05) is 10.9 Å². The van der Waals surface area contributed by atoms with Crippen molar-refractivity contribution in [2.24, 2.45) is 5.92 Å². The second kappa shape index (κ2) is 6.68. The molecule has 0 radical (unpaired) electrons. The van der Waals surface area contributed by atoms with Crippen molar-refractivity contribution in [1.82, 2.24) is 25.0 Å². The molecule has 0 amide bonds. The smallest absolute Gasteiger partial charge is 0.0921 e. The van der Waals surface area contributed by atoms with Crippen LogP contribution in [0.5, 0.6) is 0 Å². The first-order valence-electron chi connectivity index (χ1n) is 7.76. The quantitative estimate of drug-likeness (QED) is 0.880. The molecule has 2 heterocycles. The Kier molecular flexibility index (Phi) is 4.46. The average Bonchev–Trinajstić information content (AvgIpc) is 3.12. The summed E-state index contributed by atoms with van der Waals surface area (Å²) < 4.78 is 2.04. The van der Waals surface area contributed by atoms with Gasteiger partial charge in [0.1, 0.15) is 0 Å². The minimum Gasteiger partial charge on any atom is -0.348 e. The molecule has 1 aliphatic carbocycles. The highest BCUT2D eigenvalue weighted by Gasteiger charge is 2.14. The van der Waals surface area contributed by atoms with E-state index in [1.54, 1.807) is 6.33 Å². The molecular formula is C15H23N5. The van der Waals surface area contributed by atoms with Crippen molar-refractivity contribution >= 4 is 0 Å². The fraction of sp³-hybridized carbons (Fsp3) is 0.667. The van der Waals surface area contributed by atoms with Crippen LogP contribution < -0.4 is 0 Å². The Morgan fingerprint density at radius 3 is 2.90 bits per heavy atom. The molecule has 5 heteroatoms. The summed E-state index contributed by atoms with van der Waals surface area (Å²) in [5, 5.41) is 8.56. The van der Waals surface area contributed by atoms with E-state index in [0.29, 0.717) is 0 Å². The molecule has 2 aromatic heterocycles. The third-order valence-electron chi connectivity index (χ3n) is 4.19. The van der Waals surface area contributed by atoms with Crippen LogP contribution in [-0.4, -0.2) is 25.0 Å². The zero-order chi connectivity index (χ0) is 13.6. The Labute approximate surface area is 119 Å². The number of aromatic nitrogens is 5. The lowest BCUT2D eigenvalue weighted by Crippen LogP contribution is -2.14. The second-order valence-electron chi connectivity index (χ2n) is 5.87. The molecule has 1 N–H and O–H groups in total. The summed E-state index contributed by atoms with van der Waals surface area (Å²) in [7, 11) is 0. The molecule has 0 bridgehead atoms. The van der Waals surface area contributed by atoms with E-state index < -0.39 is 0 Å². The molecule has 108 valence electrons. The van der Waals surface area contributed by atoms with Gasteiger partial charge in [-0.2, -0.15) is 0 Å². The first-order chi connectivity index (χ1) is 9.90. The van der Waals surface area contributed by atoms with Gasteiger partial charge in [0.15, 0.2) is 0 Å². The number of aromatic amines is 1. The van der Waals surface area contributed by atoms with Crippen LogP contribution in [0.1, 0.15) is 49.9 Å². The number of hydrogen-bond donors (Lipinski definition) is 1. The van der Waals surface area contributed by atoms with Gasteiger partial charge in [0.05, 0.1) is 12.0 Å². The number of rotatable bonds is 6. The Hall–Kier alpha value is -1.65. The molecule has 1 saturated carbocycles. The van der Waals surface area contributed by atoms with Gasteiger partial charge in [-0.3, -0.25) is 4.68 Å².